The van der Waals surface area contributed by atoms with Crippen molar-refractivity contribution in [2.24, 2.45) is 0 Å². The number of aromatic amines is 1. The summed E-state index contributed by atoms with van der Waals surface area (Å²) in [5, 5.41) is 8.03. The minimum Gasteiger partial charge on any atom is -0.352 e. The smallest absolute Gasteiger partial charge is 0.159 e. The normalized spacial score (nSPS) is 15.4. The Morgan fingerprint density at radius 2 is 1.62 bits per heavy atom. The van der Waals surface area contributed by atoms with Crippen LogP contribution < -0.4 is 4.90 Å². The molecule has 5 nitrogen and oxygen atoms in total. The summed E-state index contributed by atoms with van der Waals surface area (Å²) in [5.41, 5.74) is 5.91. The lowest BCUT2D eigenvalue weighted by Gasteiger charge is -2.33. The second kappa shape index (κ2) is 7.30. The Labute approximate surface area is 154 Å². The van der Waals surface area contributed by atoms with Crippen molar-refractivity contribution in [3.63, 3.8) is 0 Å². The predicted molar refractivity (Wildman–Crippen MR) is 106 cm³/mol. The average molecular weight is 347 g/mol. The topological polar surface area (TPSA) is 48.1 Å². The molecule has 0 saturated carbocycles. The summed E-state index contributed by atoms with van der Waals surface area (Å²) in [4.78, 5) is 8.93. The third-order valence-corrected chi connectivity index (χ3v) is 5.17. The van der Waals surface area contributed by atoms with Crippen LogP contribution in [0, 0.1) is 0 Å². The molecule has 1 N–H and O–H groups in total. The van der Waals surface area contributed by atoms with E-state index in [0.29, 0.717) is 0 Å². The molecule has 1 saturated heterocycles. The first-order valence-electron chi connectivity index (χ1n) is 9.28. The second-order valence-electron chi connectivity index (χ2n) is 6.87. The Kier molecular flexibility index (Phi) is 4.71. The number of piperazine rings is 1. The van der Waals surface area contributed by atoms with Crippen molar-refractivity contribution in [2.75, 3.05) is 38.1 Å². The van der Waals surface area contributed by atoms with Gasteiger partial charge in [-0.25, -0.2) is 0 Å². The highest BCUT2D eigenvalue weighted by atomic mass is 15.3. The highest BCUT2D eigenvalue weighted by Gasteiger charge is 2.23. The SMILES string of the molecule is CCc1ccc(-c2[nH]nc(N3CCN(C)CC3)c2-c2ccncc2)cc1. The molecule has 26 heavy (non-hydrogen) atoms. The fraction of sp³-hybridized carbons (Fsp3) is 0.333. The Bertz CT molecular complexity index is 846. The van der Waals surface area contributed by atoms with E-state index in [1.807, 2.05) is 12.4 Å². The van der Waals surface area contributed by atoms with E-state index in [1.54, 1.807) is 0 Å². The Morgan fingerprint density at radius 1 is 0.923 bits per heavy atom. The maximum atomic E-state index is 4.72. The van der Waals surface area contributed by atoms with Gasteiger partial charge < -0.3 is 9.80 Å². The summed E-state index contributed by atoms with van der Waals surface area (Å²) in [6, 6.07) is 12.9. The predicted octanol–water partition coefficient (Wildman–Crippen LogP) is 3.45. The number of hydrogen-bond acceptors (Lipinski definition) is 4. The van der Waals surface area contributed by atoms with Crippen molar-refractivity contribution in [3.8, 4) is 22.4 Å². The van der Waals surface area contributed by atoms with E-state index in [0.717, 1.165) is 49.7 Å². The number of aryl methyl sites for hydroxylation is 1. The van der Waals surface area contributed by atoms with Crippen molar-refractivity contribution in [2.45, 2.75) is 13.3 Å². The molecule has 1 fully saturated rings. The number of pyridine rings is 1. The molecular formula is C21H25N5. The van der Waals surface area contributed by atoms with Crippen molar-refractivity contribution in [3.05, 3.63) is 54.4 Å². The minimum absolute atomic E-state index is 0.994. The highest BCUT2D eigenvalue weighted by Crippen LogP contribution is 2.38. The first-order chi connectivity index (χ1) is 12.8. The molecule has 3 aromatic rings. The molecule has 0 atom stereocenters. The van der Waals surface area contributed by atoms with Crippen LogP contribution in [0.25, 0.3) is 22.4 Å². The molecule has 0 spiro atoms. The van der Waals surface area contributed by atoms with Crippen LogP contribution in [-0.2, 0) is 6.42 Å². The van der Waals surface area contributed by atoms with Crippen LogP contribution in [-0.4, -0.2) is 53.3 Å². The Hall–Kier alpha value is -2.66. The van der Waals surface area contributed by atoms with Gasteiger partial charge in [0.25, 0.3) is 0 Å². The van der Waals surface area contributed by atoms with E-state index in [-0.39, 0.29) is 0 Å². The van der Waals surface area contributed by atoms with E-state index in [2.05, 4.69) is 70.3 Å². The van der Waals surface area contributed by atoms with Gasteiger partial charge in [0.1, 0.15) is 0 Å². The molecule has 0 aliphatic carbocycles. The minimum atomic E-state index is 0.994. The van der Waals surface area contributed by atoms with Gasteiger partial charge in [0.15, 0.2) is 5.82 Å². The lowest BCUT2D eigenvalue weighted by atomic mass is 10.00. The van der Waals surface area contributed by atoms with Gasteiger partial charge in [-0.05, 0) is 36.7 Å². The van der Waals surface area contributed by atoms with Gasteiger partial charge >= 0.3 is 0 Å². The molecule has 0 amide bonds. The molecule has 1 aliphatic heterocycles. The third-order valence-electron chi connectivity index (χ3n) is 5.17. The summed E-state index contributed by atoms with van der Waals surface area (Å²) in [7, 11) is 2.17. The largest absolute Gasteiger partial charge is 0.352 e. The van der Waals surface area contributed by atoms with Gasteiger partial charge in [-0.3, -0.25) is 10.1 Å². The van der Waals surface area contributed by atoms with Crippen molar-refractivity contribution >= 4 is 5.82 Å². The van der Waals surface area contributed by atoms with E-state index < -0.39 is 0 Å². The van der Waals surface area contributed by atoms with E-state index in [1.165, 1.54) is 16.7 Å². The molecular weight excluding hydrogens is 322 g/mol. The number of benzene rings is 1. The first-order valence-corrected chi connectivity index (χ1v) is 9.28. The van der Waals surface area contributed by atoms with Crippen LogP contribution in [0.3, 0.4) is 0 Å². The van der Waals surface area contributed by atoms with E-state index >= 15 is 0 Å². The number of rotatable bonds is 4. The molecule has 1 aromatic carbocycles. The molecule has 2 aromatic heterocycles. The van der Waals surface area contributed by atoms with Crippen LogP contribution in [0.1, 0.15) is 12.5 Å². The van der Waals surface area contributed by atoms with Gasteiger partial charge in [0.2, 0.25) is 0 Å². The molecule has 5 heteroatoms. The zero-order valence-corrected chi connectivity index (χ0v) is 15.4. The van der Waals surface area contributed by atoms with Crippen molar-refractivity contribution < 1.29 is 0 Å². The van der Waals surface area contributed by atoms with Crippen LogP contribution in [0.2, 0.25) is 0 Å². The highest BCUT2D eigenvalue weighted by molar-refractivity contribution is 5.89. The monoisotopic (exact) mass is 347 g/mol. The van der Waals surface area contributed by atoms with Crippen molar-refractivity contribution in [1.82, 2.24) is 20.1 Å². The molecule has 0 bridgehead atoms. The van der Waals surface area contributed by atoms with Gasteiger partial charge in [-0.1, -0.05) is 31.2 Å². The Balaban J connectivity index is 1.79. The number of nitrogens with zero attached hydrogens (tertiary/aromatic N) is 4. The van der Waals surface area contributed by atoms with E-state index in [4.69, 9.17) is 5.10 Å². The lowest BCUT2D eigenvalue weighted by Crippen LogP contribution is -2.44. The Morgan fingerprint density at radius 3 is 2.27 bits per heavy atom. The summed E-state index contributed by atoms with van der Waals surface area (Å²) in [6.07, 6.45) is 4.74. The second-order valence-corrected chi connectivity index (χ2v) is 6.87. The van der Waals surface area contributed by atoms with Crippen molar-refractivity contribution in [1.29, 1.82) is 0 Å². The van der Waals surface area contributed by atoms with Crippen LogP contribution in [0.4, 0.5) is 5.82 Å². The van der Waals surface area contributed by atoms with Crippen LogP contribution in [0.5, 0.6) is 0 Å². The van der Waals surface area contributed by atoms with Gasteiger partial charge in [-0.2, -0.15) is 5.10 Å². The van der Waals surface area contributed by atoms with Crippen LogP contribution in [0.15, 0.2) is 48.8 Å². The zero-order valence-electron chi connectivity index (χ0n) is 15.4. The number of likely N-dealkylation sites (N-methyl/N-ethyl adjacent to an activating group) is 1. The number of anilines is 1. The number of H-pyrrole nitrogens is 1. The average Bonchev–Trinajstić information content (AvgIpc) is 3.14. The quantitative estimate of drug-likeness (QED) is 0.785. The third kappa shape index (κ3) is 3.22. The number of aromatic nitrogens is 3. The molecule has 1 aliphatic rings. The maximum absolute atomic E-state index is 4.72. The fourth-order valence-corrected chi connectivity index (χ4v) is 3.49. The number of nitrogens with one attached hydrogen (secondary N) is 1. The molecule has 0 radical (unpaired) electrons. The maximum Gasteiger partial charge on any atom is 0.159 e. The zero-order chi connectivity index (χ0) is 17.9. The van der Waals surface area contributed by atoms with Gasteiger partial charge in [0, 0.05) is 44.1 Å². The molecule has 4 rings (SSSR count). The number of hydrogen-bond donors (Lipinski definition) is 1. The van der Waals surface area contributed by atoms with E-state index in [9.17, 15) is 0 Å². The molecule has 0 unspecified atom stereocenters. The van der Waals surface area contributed by atoms with Crippen LogP contribution >= 0.6 is 0 Å². The van der Waals surface area contributed by atoms with Gasteiger partial charge in [-0.15, -0.1) is 0 Å². The van der Waals surface area contributed by atoms with Gasteiger partial charge in [0.05, 0.1) is 11.3 Å². The summed E-state index contributed by atoms with van der Waals surface area (Å²) in [6.45, 7) is 6.28. The molecule has 3 heterocycles. The first kappa shape index (κ1) is 16.8. The summed E-state index contributed by atoms with van der Waals surface area (Å²) >= 11 is 0. The lowest BCUT2D eigenvalue weighted by molar-refractivity contribution is 0.312. The standard InChI is InChI=1S/C21H25N5/c1-3-16-4-6-18(7-5-16)20-19(17-8-10-22-11-9-17)21(24-23-20)26-14-12-25(2)13-15-26/h4-11H,3,12-15H2,1-2H3,(H,23,24). The molecule has 134 valence electrons. The summed E-state index contributed by atoms with van der Waals surface area (Å²) in [5.74, 6) is 1.04. The fourth-order valence-electron chi connectivity index (χ4n) is 3.49. The summed E-state index contributed by atoms with van der Waals surface area (Å²) < 4.78 is 0.